The van der Waals surface area contributed by atoms with Gasteiger partial charge in [-0.3, -0.25) is 0 Å². The van der Waals surface area contributed by atoms with E-state index < -0.39 is 0 Å². The van der Waals surface area contributed by atoms with Gasteiger partial charge in [-0.2, -0.15) is 0 Å². The molecule has 0 spiro atoms. The Bertz CT molecular complexity index is 1090. The van der Waals surface area contributed by atoms with Crippen LogP contribution in [0.15, 0.2) is 42.5 Å². The number of hydrogen-bond donors (Lipinski definition) is 3. The molecule has 0 bridgehead atoms. The average Bonchev–Trinajstić information content (AvgIpc) is 2.82. The van der Waals surface area contributed by atoms with Crippen LogP contribution in [0, 0.1) is 0 Å². The Hall–Kier alpha value is -3.03. The third-order valence-corrected chi connectivity index (χ3v) is 6.49. The van der Waals surface area contributed by atoms with Crippen LogP contribution in [0.2, 0.25) is 0 Å². The molecule has 7 nitrogen and oxygen atoms in total. The normalized spacial score (nSPS) is 20.7. The van der Waals surface area contributed by atoms with E-state index in [1.54, 1.807) is 14.2 Å². The van der Waals surface area contributed by atoms with E-state index in [0.717, 1.165) is 66.9 Å². The summed E-state index contributed by atoms with van der Waals surface area (Å²) in [4.78, 5) is 7.39. The van der Waals surface area contributed by atoms with Crippen molar-refractivity contribution in [2.45, 2.75) is 24.9 Å². The van der Waals surface area contributed by atoms with Crippen LogP contribution in [0.4, 0.5) is 11.4 Å². The van der Waals surface area contributed by atoms with Gasteiger partial charge in [-0.15, -0.1) is 0 Å². The predicted octanol–water partition coefficient (Wildman–Crippen LogP) is 3.23. The molecule has 1 aromatic heterocycles. The number of rotatable bonds is 6. The Balaban J connectivity index is 1.53. The topological polar surface area (TPSA) is 84.7 Å². The summed E-state index contributed by atoms with van der Waals surface area (Å²) in [5.41, 5.74) is 11.2. The van der Waals surface area contributed by atoms with Crippen molar-refractivity contribution in [1.82, 2.24) is 10.3 Å². The highest BCUT2D eigenvalue weighted by Gasteiger charge is 2.26. The van der Waals surface area contributed by atoms with Gasteiger partial charge >= 0.3 is 0 Å². The summed E-state index contributed by atoms with van der Waals surface area (Å²) in [6, 6.07) is 15.5. The molecule has 2 fully saturated rings. The van der Waals surface area contributed by atoms with Crippen molar-refractivity contribution in [2.75, 3.05) is 50.6 Å². The number of nitrogens with two attached hydrogens (primary N) is 1. The molecule has 4 N–H and O–H groups in total. The smallest absolute Gasteiger partial charge is 0.162 e. The second kappa shape index (κ2) is 8.84. The van der Waals surface area contributed by atoms with Gasteiger partial charge in [-0.1, -0.05) is 12.1 Å². The van der Waals surface area contributed by atoms with Gasteiger partial charge in [0, 0.05) is 66.7 Å². The number of fused-ring (bicyclic) bond motifs is 1. The summed E-state index contributed by atoms with van der Waals surface area (Å²) in [5.74, 6) is 1.37. The predicted molar refractivity (Wildman–Crippen MR) is 130 cm³/mol. The summed E-state index contributed by atoms with van der Waals surface area (Å²) in [7, 11) is 3.31. The fourth-order valence-corrected chi connectivity index (χ4v) is 4.59. The number of benzene rings is 2. The first-order valence-electron chi connectivity index (χ1n) is 11.3. The first-order chi connectivity index (χ1) is 15.6. The molecule has 168 valence electrons. The third-order valence-electron chi connectivity index (χ3n) is 6.49. The van der Waals surface area contributed by atoms with Crippen LogP contribution in [-0.4, -0.2) is 57.5 Å². The van der Waals surface area contributed by atoms with Crippen LogP contribution in [0.3, 0.4) is 0 Å². The largest absolute Gasteiger partial charge is 0.493 e. The SMILES string of the molecule is COc1cc2nc(-c3ccc(N4CCNCC4)cc3)cc(NC3CC(N)C3)c2cc1OC. The van der Waals surface area contributed by atoms with Gasteiger partial charge in [0.15, 0.2) is 11.5 Å². The molecule has 7 heteroatoms. The lowest BCUT2D eigenvalue weighted by Gasteiger charge is -2.34. The Labute approximate surface area is 188 Å². The first kappa shape index (κ1) is 20.8. The van der Waals surface area contributed by atoms with Gasteiger partial charge in [0.1, 0.15) is 0 Å². The highest BCUT2D eigenvalue weighted by Crippen LogP contribution is 2.38. The third kappa shape index (κ3) is 4.06. The molecule has 1 saturated carbocycles. The van der Waals surface area contributed by atoms with E-state index in [1.807, 2.05) is 12.1 Å². The van der Waals surface area contributed by atoms with Crippen molar-refractivity contribution in [3.8, 4) is 22.8 Å². The van der Waals surface area contributed by atoms with Gasteiger partial charge in [-0.25, -0.2) is 4.98 Å². The highest BCUT2D eigenvalue weighted by molar-refractivity contribution is 5.96. The van der Waals surface area contributed by atoms with E-state index in [1.165, 1.54) is 5.69 Å². The molecule has 3 aromatic rings. The maximum absolute atomic E-state index is 6.02. The first-order valence-corrected chi connectivity index (χ1v) is 11.3. The molecule has 0 unspecified atom stereocenters. The van der Waals surface area contributed by atoms with Crippen molar-refractivity contribution in [2.24, 2.45) is 5.73 Å². The van der Waals surface area contributed by atoms with Gasteiger partial charge in [0.2, 0.25) is 0 Å². The molecular weight excluding hydrogens is 402 g/mol. The summed E-state index contributed by atoms with van der Waals surface area (Å²) >= 11 is 0. The number of aromatic nitrogens is 1. The van der Waals surface area contributed by atoms with Crippen LogP contribution in [0.5, 0.6) is 11.5 Å². The second-order valence-electron chi connectivity index (χ2n) is 8.64. The van der Waals surface area contributed by atoms with Crippen molar-refractivity contribution in [1.29, 1.82) is 0 Å². The van der Waals surface area contributed by atoms with Gasteiger partial charge in [-0.05, 0) is 37.1 Å². The highest BCUT2D eigenvalue weighted by atomic mass is 16.5. The number of nitrogens with zero attached hydrogens (tertiary/aromatic N) is 2. The molecule has 2 heterocycles. The summed E-state index contributed by atoms with van der Waals surface area (Å²) in [6.45, 7) is 4.12. The minimum absolute atomic E-state index is 0.284. The quantitative estimate of drug-likeness (QED) is 0.550. The molecule has 2 aromatic carbocycles. The average molecular weight is 434 g/mol. The standard InChI is InChI=1S/C25H31N5O2/c1-31-24-13-20-22(28-18-11-17(26)12-18)14-21(29-23(20)15-25(24)32-2)16-3-5-19(6-4-16)30-9-7-27-8-10-30/h3-6,13-15,17-18,27H,7-12,26H2,1-2H3,(H,28,29). The number of anilines is 2. The molecule has 1 aliphatic heterocycles. The number of nitrogens with one attached hydrogen (secondary N) is 2. The zero-order valence-electron chi connectivity index (χ0n) is 18.7. The van der Waals surface area contributed by atoms with Gasteiger partial charge in [0.05, 0.1) is 25.4 Å². The second-order valence-corrected chi connectivity index (χ2v) is 8.64. The van der Waals surface area contributed by atoms with Gasteiger partial charge in [0.25, 0.3) is 0 Å². The van der Waals surface area contributed by atoms with Crippen LogP contribution < -0.4 is 30.7 Å². The molecule has 5 rings (SSSR count). The summed E-state index contributed by atoms with van der Waals surface area (Å²) in [6.07, 6.45) is 1.96. The number of piperazine rings is 1. The Morgan fingerprint density at radius 1 is 1.00 bits per heavy atom. The van der Waals surface area contributed by atoms with E-state index in [2.05, 4.69) is 45.9 Å². The molecule has 2 aliphatic rings. The van der Waals surface area contributed by atoms with Crippen LogP contribution in [0.1, 0.15) is 12.8 Å². The molecule has 1 aliphatic carbocycles. The van der Waals surface area contributed by atoms with Crippen molar-refractivity contribution in [3.63, 3.8) is 0 Å². The minimum Gasteiger partial charge on any atom is -0.493 e. The Morgan fingerprint density at radius 3 is 2.34 bits per heavy atom. The number of methoxy groups -OCH3 is 2. The zero-order valence-corrected chi connectivity index (χ0v) is 18.7. The van der Waals surface area contributed by atoms with Crippen LogP contribution in [-0.2, 0) is 0 Å². The lowest BCUT2D eigenvalue weighted by molar-refractivity contribution is 0.355. The van der Waals surface area contributed by atoms with E-state index in [-0.39, 0.29) is 6.04 Å². The molecule has 1 saturated heterocycles. The Morgan fingerprint density at radius 2 is 1.69 bits per heavy atom. The van der Waals surface area contributed by atoms with E-state index in [0.29, 0.717) is 17.5 Å². The minimum atomic E-state index is 0.284. The lowest BCUT2D eigenvalue weighted by atomic mass is 9.87. The molecule has 0 atom stereocenters. The Kier molecular flexibility index (Phi) is 5.76. The molecule has 0 radical (unpaired) electrons. The summed E-state index contributed by atoms with van der Waals surface area (Å²) in [5, 5.41) is 8.10. The summed E-state index contributed by atoms with van der Waals surface area (Å²) < 4.78 is 11.1. The van der Waals surface area contributed by atoms with Crippen molar-refractivity contribution >= 4 is 22.3 Å². The van der Waals surface area contributed by atoms with E-state index in [9.17, 15) is 0 Å². The number of ether oxygens (including phenoxy) is 2. The molecule has 0 amide bonds. The number of pyridine rings is 1. The van der Waals surface area contributed by atoms with Crippen LogP contribution in [0.25, 0.3) is 22.2 Å². The van der Waals surface area contributed by atoms with E-state index in [4.69, 9.17) is 20.2 Å². The van der Waals surface area contributed by atoms with Crippen LogP contribution >= 0.6 is 0 Å². The van der Waals surface area contributed by atoms with Crippen molar-refractivity contribution < 1.29 is 9.47 Å². The molecule has 32 heavy (non-hydrogen) atoms. The zero-order chi connectivity index (χ0) is 22.1. The fraction of sp³-hybridized carbons (Fsp3) is 0.400. The maximum Gasteiger partial charge on any atom is 0.162 e. The maximum atomic E-state index is 6.02. The van der Waals surface area contributed by atoms with E-state index >= 15 is 0 Å². The molecular formula is C25H31N5O2. The monoisotopic (exact) mass is 433 g/mol. The number of hydrogen-bond acceptors (Lipinski definition) is 7. The fourth-order valence-electron chi connectivity index (χ4n) is 4.59. The van der Waals surface area contributed by atoms with Crippen molar-refractivity contribution in [3.05, 3.63) is 42.5 Å². The lowest BCUT2D eigenvalue weighted by Crippen LogP contribution is -2.44. The van der Waals surface area contributed by atoms with Gasteiger partial charge < -0.3 is 30.7 Å².